The lowest BCUT2D eigenvalue weighted by atomic mass is 10.2. The van der Waals surface area contributed by atoms with E-state index in [0.29, 0.717) is 12.8 Å². The summed E-state index contributed by atoms with van der Waals surface area (Å²) in [5, 5.41) is 17.8. The number of ether oxygens (including phenoxy) is 2. The summed E-state index contributed by atoms with van der Waals surface area (Å²) >= 11 is 0. The van der Waals surface area contributed by atoms with Gasteiger partial charge in [0.1, 0.15) is 19.3 Å². The fraction of sp³-hybridized carbons (Fsp3) is 0.615. The van der Waals surface area contributed by atoms with E-state index in [9.17, 15) is 19.5 Å². The van der Waals surface area contributed by atoms with Crippen LogP contribution in [0, 0.1) is 0 Å². The minimum atomic E-state index is -1.10. The van der Waals surface area contributed by atoms with Gasteiger partial charge in [0, 0.05) is 18.4 Å². The summed E-state index contributed by atoms with van der Waals surface area (Å²) in [5.74, 6) is -2.06. The van der Waals surface area contributed by atoms with E-state index >= 15 is 0 Å². The van der Waals surface area contributed by atoms with E-state index in [1.54, 1.807) is 0 Å². The third-order valence-corrected chi connectivity index (χ3v) is 2.21. The van der Waals surface area contributed by atoms with Crippen LogP contribution in [0.2, 0.25) is 0 Å². The molecule has 0 aliphatic rings. The average molecular weight is 288 g/mol. The number of aliphatic hydroxyl groups excluding tert-OH is 1. The Balaban J connectivity index is 3.65. The molecule has 2 N–H and O–H groups in total. The Morgan fingerprint density at radius 1 is 1.10 bits per heavy atom. The van der Waals surface area contributed by atoms with Crippen molar-refractivity contribution in [3.8, 4) is 0 Å². The molecule has 20 heavy (non-hydrogen) atoms. The van der Waals surface area contributed by atoms with Crippen LogP contribution in [0.4, 0.5) is 0 Å². The molecule has 0 saturated carbocycles. The van der Waals surface area contributed by atoms with Crippen molar-refractivity contribution in [1.82, 2.24) is 0 Å². The third kappa shape index (κ3) is 10.1. The first-order valence-electron chi connectivity index (χ1n) is 6.21. The highest BCUT2D eigenvalue weighted by molar-refractivity contribution is 5.86. The Labute approximate surface area is 117 Å². The summed E-state index contributed by atoms with van der Waals surface area (Å²) in [4.78, 5) is 32.5. The minimum Gasteiger partial charge on any atom is -0.481 e. The van der Waals surface area contributed by atoms with Crippen LogP contribution in [0.25, 0.3) is 0 Å². The van der Waals surface area contributed by atoms with E-state index in [1.165, 1.54) is 6.92 Å². The van der Waals surface area contributed by atoms with Crippen LogP contribution in [-0.4, -0.2) is 47.4 Å². The van der Waals surface area contributed by atoms with Gasteiger partial charge in [-0.15, -0.1) is 0 Å². The van der Waals surface area contributed by atoms with E-state index in [2.05, 4.69) is 11.3 Å². The maximum Gasteiger partial charge on any atom is 0.333 e. The standard InChI is InChI=1S/C13H20O7/c1-9(2)13(18)20-8-10(14)7-19-12(17)6-4-3-5-11(15)16/h10,14H,1,3-8H2,2H3,(H,15,16). The van der Waals surface area contributed by atoms with Crippen LogP contribution in [0.15, 0.2) is 12.2 Å². The van der Waals surface area contributed by atoms with Crippen molar-refractivity contribution in [1.29, 1.82) is 0 Å². The second-order valence-electron chi connectivity index (χ2n) is 4.32. The van der Waals surface area contributed by atoms with Crippen molar-refractivity contribution in [3.05, 3.63) is 12.2 Å². The number of carboxylic acids is 1. The summed E-state index contributed by atoms with van der Waals surface area (Å²) in [7, 11) is 0. The fourth-order valence-corrected chi connectivity index (χ4v) is 1.15. The zero-order valence-electron chi connectivity index (χ0n) is 11.5. The van der Waals surface area contributed by atoms with Gasteiger partial charge in [-0.3, -0.25) is 9.59 Å². The van der Waals surface area contributed by atoms with Gasteiger partial charge in [0.05, 0.1) is 0 Å². The van der Waals surface area contributed by atoms with Crippen LogP contribution in [0.3, 0.4) is 0 Å². The number of carboxylic acid groups (broad SMARTS) is 1. The number of hydrogen-bond donors (Lipinski definition) is 2. The van der Waals surface area contributed by atoms with Gasteiger partial charge in [-0.1, -0.05) is 6.58 Å². The molecule has 0 radical (unpaired) electrons. The van der Waals surface area contributed by atoms with E-state index in [0.717, 1.165) is 0 Å². The molecule has 0 aliphatic carbocycles. The van der Waals surface area contributed by atoms with Gasteiger partial charge in [0.15, 0.2) is 0 Å². The molecular weight excluding hydrogens is 268 g/mol. The molecule has 0 aliphatic heterocycles. The molecule has 7 nitrogen and oxygen atoms in total. The first-order chi connectivity index (χ1) is 9.32. The van der Waals surface area contributed by atoms with E-state index in [-0.39, 0.29) is 31.6 Å². The molecule has 1 unspecified atom stereocenters. The Bertz CT molecular complexity index is 362. The van der Waals surface area contributed by atoms with Crippen molar-refractivity contribution >= 4 is 17.9 Å². The number of aliphatic carboxylic acids is 1. The highest BCUT2D eigenvalue weighted by atomic mass is 16.6. The van der Waals surface area contributed by atoms with Crippen molar-refractivity contribution in [2.75, 3.05) is 13.2 Å². The van der Waals surface area contributed by atoms with E-state index in [4.69, 9.17) is 9.84 Å². The highest BCUT2D eigenvalue weighted by Gasteiger charge is 2.12. The second kappa shape index (κ2) is 9.96. The molecule has 0 aromatic rings. The fourth-order valence-electron chi connectivity index (χ4n) is 1.15. The normalized spacial score (nSPS) is 11.5. The maximum absolute atomic E-state index is 11.2. The number of aliphatic hydroxyl groups is 1. The number of carbonyl (C=O) groups excluding carboxylic acids is 2. The summed E-state index contributed by atoms with van der Waals surface area (Å²) in [6.45, 7) is 4.30. The smallest absolute Gasteiger partial charge is 0.333 e. The highest BCUT2D eigenvalue weighted by Crippen LogP contribution is 2.02. The third-order valence-electron chi connectivity index (χ3n) is 2.21. The quantitative estimate of drug-likeness (QED) is 0.345. The van der Waals surface area contributed by atoms with E-state index in [1.807, 2.05) is 0 Å². The SMILES string of the molecule is C=C(C)C(=O)OCC(O)COC(=O)CCCCC(=O)O. The molecule has 0 spiro atoms. The number of rotatable bonds is 10. The Kier molecular flexibility index (Phi) is 9.02. The maximum atomic E-state index is 11.2. The Morgan fingerprint density at radius 3 is 2.20 bits per heavy atom. The minimum absolute atomic E-state index is 0.00671. The predicted molar refractivity (Wildman–Crippen MR) is 68.8 cm³/mol. The first-order valence-corrected chi connectivity index (χ1v) is 6.21. The summed E-state index contributed by atoms with van der Waals surface area (Å²) in [6.07, 6.45) is -0.200. The van der Waals surface area contributed by atoms with Crippen molar-refractivity contribution in [2.24, 2.45) is 0 Å². The average Bonchev–Trinajstić information content (AvgIpc) is 2.38. The molecule has 114 valence electrons. The molecule has 0 aromatic heterocycles. The van der Waals surface area contributed by atoms with Crippen LogP contribution in [-0.2, 0) is 23.9 Å². The monoisotopic (exact) mass is 288 g/mol. The summed E-state index contributed by atoms with van der Waals surface area (Å²) in [5.41, 5.74) is 0.215. The Hall–Kier alpha value is -1.89. The van der Waals surface area contributed by atoms with Crippen molar-refractivity contribution in [2.45, 2.75) is 38.7 Å². The second-order valence-corrected chi connectivity index (χ2v) is 4.32. The number of hydrogen-bond acceptors (Lipinski definition) is 6. The lowest BCUT2D eigenvalue weighted by Crippen LogP contribution is -2.25. The van der Waals surface area contributed by atoms with Gasteiger partial charge in [-0.05, 0) is 19.8 Å². The van der Waals surface area contributed by atoms with Gasteiger partial charge < -0.3 is 19.7 Å². The molecule has 0 aromatic carbocycles. The molecule has 0 heterocycles. The molecular formula is C13H20O7. The first kappa shape index (κ1) is 18.1. The van der Waals surface area contributed by atoms with Crippen LogP contribution < -0.4 is 0 Å². The zero-order chi connectivity index (χ0) is 15.5. The van der Waals surface area contributed by atoms with Gasteiger partial charge in [-0.25, -0.2) is 4.79 Å². The number of unbranched alkanes of at least 4 members (excludes halogenated alkanes) is 1. The molecule has 0 amide bonds. The van der Waals surface area contributed by atoms with Crippen molar-refractivity contribution in [3.63, 3.8) is 0 Å². The van der Waals surface area contributed by atoms with Crippen molar-refractivity contribution < 1.29 is 34.1 Å². The molecule has 7 heteroatoms. The van der Waals surface area contributed by atoms with Gasteiger partial charge in [-0.2, -0.15) is 0 Å². The Morgan fingerprint density at radius 2 is 1.65 bits per heavy atom. The molecule has 1 atom stereocenters. The van der Waals surface area contributed by atoms with E-state index < -0.39 is 24.0 Å². The molecule has 0 saturated heterocycles. The number of esters is 2. The summed E-state index contributed by atoms with van der Waals surface area (Å²) in [6, 6.07) is 0. The van der Waals surface area contributed by atoms with Gasteiger partial charge in [0.25, 0.3) is 0 Å². The van der Waals surface area contributed by atoms with Gasteiger partial charge in [0.2, 0.25) is 0 Å². The lowest BCUT2D eigenvalue weighted by molar-refractivity contribution is -0.150. The number of carbonyl (C=O) groups is 3. The van der Waals surface area contributed by atoms with Crippen LogP contribution in [0.5, 0.6) is 0 Å². The summed E-state index contributed by atoms with van der Waals surface area (Å²) < 4.78 is 9.43. The molecule has 0 rings (SSSR count). The zero-order valence-corrected chi connectivity index (χ0v) is 11.5. The topological polar surface area (TPSA) is 110 Å². The van der Waals surface area contributed by atoms with Gasteiger partial charge >= 0.3 is 17.9 Å². The lowest BCUT2D eigenvalue weighted by Gasteiger charge is -2.11. The molecule has 0 fully saturated rings. The molecule has 0 bridgehead atoms. The van der Waals surface area contributed by atoms with Crippen LogP contribution in [0.1, 0.15) is 32.6 Å². The predicted octanol–water partition coefficient (Wildman–Crippen LogP) is 0.655. The largest absolute Gasteiger partial charge is 0.481 e. The van der Waals surface area contributed by atoms with Crippen LogP contribution >= 0.6 is 0 Å².